The van der Waals surface area contributed by atoms with Crippen LogP contribution < -0.4 is 10.7 Å². The standard InChI is InChI=1S/C27H31N5O3/c1-30(16-19-8-12-22(13-9-19)32-15-5-14-28-32)27(35)24-18-31(21-6-3-2-4-7-21)17-23(25(24)33)26(34)29-20-10-11-20/h5,8-9,12-15,17-18,20-21H,2-4,6-7,10-11,16H2,1H3,(H,29,34). The quantitative estimate of drug-likeness (QED) is 0.567. The van der Waals surface area contributed by atoms with Crippen molar-refractivity contribution in [3.63, 3.8) is 0 Å². The average Bonchev–Trinajstić information content (AvgIpc) is 3.52. The predicted octanol–water partition coefficient (Wildman–Crippen LogP) is 3.70. The summed E-state index contributed by atoms with van der Waals surface area (Å²) < 4.78 is 3.70. The first-order chi connectivity index (χ1) is 17.0. The molecule has 2 amide bonds. The molecule has 5 rings (SSSR count). The molecule has 3 aromatic rings. The van der Waals surface area contributed by atoms with E-state index < -0.39 is 5.43 Å². The largest absolute Gasteiger partial charge is 0.349 e. The number of carbonyl (C=O) groups is 2. The summed E-state index contributed by atoms with van der Waals surface area (Å²) in [5.41, 5.74) is 1.48. The molecule has 2 aliphatic carbocycles. The lowest BCUT2D eigenvalue weighted by atomic mass is 9.95. The van der Waals surface area contributed by atoms with Crippen molar-refractivity contribution in [2.24, 2.45) is 0 Å². The monoisotopic (exact) mass is 473 g/mol. The number of nitrogens with one attached hydrogen (secondary N) is 1. The third-order valence-corrected chi connectivity index (χ3v) is 6.90. The molecule has 1 aromatic carbocycles. The van der Waals surface area contributed by atoms with E-state index in [0.29, 0.717) is 6.54 Å². The van der Waals surface area contributed by atoms with Crippen LogP contribution in [-0.2, 0) is 6.54 Å². The first kappa shape index (κ1) is 23.1. The Hall–Kier alpha value is -3.68. The Morgan fingerprint density at radius 2 is 1.74 bits per heavy atom. The highest BCUT2D eigenvalue weighted by Crippen LogP contribution is 2.28. The smallest absolute Gasteiger partial charge is 0.259 e. The van der Waals surface area contributed by atoms with Crippen molar-refractivity contribution >= 4 is 11.8 Å². The summed E-state index contributed by atoms with van der Waals surface area (Å²) in [6.07, 6.45) is 14.2. The Balaban J connectivity index is 1.39. The van der Waals surface area contributed by atoms with Crippen LogP contribution in [0.25, 0.3) is 5.69 Å². The van der Waals surface area contributed by atoms with Crippen molar-refractivity contribution in [2.45, 2.75) is 63.6 Å². The lowest BCUT2D eigenvalue weighted by Crippen LogP contribution is -2.37. The van der Waals surface area contributed by atoms with Gasteiger partial charge in [-0.05, 0) is 49.4 Å². The van der Waals surface area contributed by atoms with Crippen LogP contribution in [0, 0.1) is 0 Å². The third kappa shape index (κ3) is 5.21. The third-order valence-electron chi connectivity index (χ3n) is 6.90. The fourth-order valence-corrected chi connectivity index (χ4v) is 4.72. The SMILES string of the molecule is CN(Cc1ccc(-n2cccn2)cc1)C(=O)c1cn(C2CCCCC2)cc(C(=O)NC2CC2)c1=O. The Morgan fingerprint density at radius 1 is 1.03 bits per heavy atom. The van der Waals surface area contributed by atoms with E-state index in [0.717, 1.165) is 49.8 Å². The molecule has 8 heteroatoms. The number of nitrogens with zero attached hydrogens (tertiary/aromatic N) is 4. The van der Waals surface area contributed by atoms with Gasteiger partial charge in [-0.25, -0.2) is 4.68 Å². The van der Waals surface area contributed by atoms with Gasteiger partial charge >= 0.3 is 0 Å². The molecule has 182 valence electrons. The van der Waals surface area contributed by atoms with Gasteiger partial charge in [0.2, 0.25) is 5.43 Å². The lowest BCUT2D eigenvalue weighted by molar-refractivity contribution is 0.0782. The average molecular weight is 474 g/mol. The molecule has 2 saturated carbocycles. The Bertz CT molecular complexity index is 1250. The Kier molecular flexibility index (Phi) is 6.53. The molecular formula is C27H31N5O3. The highest BCUT2D eigenvalue weighted by atomic mass is 16.2. The topological polar surface area (TPSA) is 89.2 Å². The van der Waals surface area contributed by atoms with Gasteiger partial charge in [0, 0.05) is 50.5 Å². The summed E-state index contributed by atoms with van der Waals surface area (Å²) in [6.45, 7) is 0.347. The number of rotatable bonds is 7. The minimum atomic E-state index is -0.499. The van der Waals surface area contributed by atoms with Gasteiger partial charge in [-0.1, -0.05) is 31.4 Å². The molecule has 0 unspecified atom stereocenters. The second kappa shape index (κ2) is 9.90. The predicted molar refractivity (Wildman–Crippen MR) is 133 cm³/mol. The maximum atomic E-state index is 13.4. The number of amides is 2. The van der Waals surface area contributed by atoms with E-state index >= 15 is 0 Å². The highest BCUT2D eigenvalue weighted by molar-refractivity contribution is 5.99. The van der Waals surface area contributed by atoms with Crippen LogP contribution in [-0.4, -0.2) is 44.2 Å². The second-order valence-electron chi connectivity index (χ2n) is 9.68. The summed E-state index contributed by atoms with van der Waals surface area (Å²) in [6, 6.07) is 9.97. The Morgan fingerprint density at radius 3 is 2.40 bits per heavy atom. The molecule has 0 saturated heterocycles. The minimum absolute atomic E-state index is 0.0506. The van der Waals surface area contributed by atoms with Gasteiger partial charge in [-0.2, -0.15) is 5.10 Å². The van der Waals surface area contributed by atoms with Crippen molar-refractivity contribution in [3.8, 4) is 5.69 Å². The van der Waals surface area contributed by atoms with E-state index in [1.54, 1.807) is 30.3 Å². The van der Waals surface area contributed by atoms with Crippen LogP contribution in [0.15, 0.2) is 59.9 Å². The van der Waals surface area contributed by atoms with Crippen LogP contribution in [0.2, 0.25) is 0 Å². The zero-order chi connectivity index (χ0) is 24.4. The fourth-order valence-electron chi connectivity index (χ4n) is 4.72. The van der Waals surface area contributed by atoms with Crippen LogP contribution in [0.4, 0.5) is 0 Å². The molecule has 0 bridgehead atoms. The summed E-state index contributed by atoms with van der Waals surface area (Å²) in [7, 11) is 1.69. The van der Waals surface area contributed by atoms with Crippen LogP contribution >= 0.6 is 0 Å². The number of carbonyl (C=O) groups excluding carboxylic acids is 2. The summed E-state index contributed by atoms with van der Waals surface area (Å²) in [4.78, 5) is 41.1. The first-order valence-electron chi connectivity index (χ1n) is 12.4. The molecular weight excluding hydrogens is 442 g/mol. The van der Waals surface area contributed by atoms with Crippen molar-refractivity contribution < 1.29 is 9.59 Å². The van der Waals surface area contributed by atoms with Crippen molar-refractivity contribution in [1.29, 1.82) is 0 Å². The molecule has 8 nitrogen and oxygen atoms in total. The van der Waals surface area contributed by atoms with Crippen LogP contribution in [0.5, 0.6) is 0 Å². The van der Waals surface area contributed by atoms with Gasteiger partial charge < -0.3 is 14.8 Å². The van der Waals surface area contributed by atoms with Crippen LogP contribution in [0.1, 0.15) is 77.3 Å². The maximum absolute atomic E-state index is 13.4. The number of aromatic nitrogens is 3. The fraction of sp³-hybridized carbons (Fsp3) is 0.407. The molecule has 1 N–H and O–H groups in total. The zero-order valence-electron chi connectivity index (χ0n) is 20.0. The molecule has 35 heavy (non-hydrogen) atoms. The molecule has 0 radical (unpaired) electrons. The van der Waals surface area contributed by atoms with E-state index in [1.807, 2.05) is 41.1 Å². The van der Waals surface area contributed by atoms with Crippen molar-refractivity contribution in [1.82, 2.24) is 24.6 Å². The molecule has 2 fully saturated rings. The number of pyridine rings is 1. The van der Waals surface area contributed by atoms with Gasteiger partial charge in [-0.3, -0.25) is 14.4 Å². The number of benzene rings is 1. The zero-order valence-corrected chi connectivity index (χ0v) is 20.0. The van der Waals surface area contributed by atoms with Crippen LogP contribution in [0.3, 0.4) is 0 Å². The van der Waals surface area contributed by atoms with Gasteiger partial charge in [0.1, 0.15) is 11.1 Å². The first-order valence-corrected chi connectivity index (χ1v) is 12.4. The molecule has 0 spiro atoms. The van der Waals surface area contributed by atoms with Gasteiger partial charge in [0.05, 0.1) is 5.69 Å². The van der Waals surface area contributed by atoms with Crippen molar-refractivity contribution in [3.05, 3.63) is 82.0 Å². The van der Waals surface area contributed by atoms with Gasteiger partial charge in [0.25, 0.3) is 11.8 Å². The van der Waals surface area contributed by atoms with E-state index in [4.69, 9.17) is 0 Å². The maximum Gasteiger partial charge on any atom is 0.259 e. The second-order valence-corrected chi connectivity index (χ2v) is 9.68. The molecule has 0 atom stereocenters. The normalized spacial score (nSPS) is 16.1. The molecule has 2 aliphatic rings. The van der Waals surface area contributed by atoms with E-state index in [9.17, 15) is 14.4 Å². The molecule has 2 heterocycles. The minimum Gasteiger partial charge on any atom is -0.349 e. The summed E-state index contributed by atoms with van der Waals surface area (Å²) >= 11 is 0. The Labute approximate surface area is 204 Å². The number of hydrogen-bond acceptors (Lipinski definition) is 4. The molecule has 0 aliphatic heterocycles. The summed E-state index contributed by atoms with van der Waals surface area (Å²) in [5.74, 6) is -0.759. The highest BCUT2D eigenvalue weighted by Gasteiger charge is 2.28. The van der Waals surface area contributed by atoms with E-state index in [1.165, 1.54) is 11.3 Å². The molecule has 2 aromatic heterocycles. The van der Waals surface area contributed by atoms with E-state index in [2.05, 4.69) is 10.4 Å². The summed E-state index contributed by atoms with van der Waals surface area (Å²) in [5, 5.41) is 7.14. The van der Waals surface area contributed by atoms with Crippen molar-refractivity contribution in [2.75, 3.05) is 7.05 Å². The van der Waals surface area contributed by atoms with Gasteiger partial charge in [-0.15, -0.1) is 0 Å². The van der Waals surface area contributed by atoms with Gasteiger partial charge in [0.15, 0.2) is 0 Å². The van der Waals surface area contributed by atoms with E-state index in [-0.39, 0.29) is 35.0 Å². The number of hydrogen-bond donors (Lipinski definition) is 1. The lowest BCUT2D eigenvalue weighted by Gasteiger charge is -2.26.